The Morgan fingerprint density at radius 1 is 1.37 bits per heavy atom. The van der Waals surface area contributed by atoms with E-state index in [1.165, 1.54) is 4.90 Å². The molecule has 0 atom stereocenters. The maximum atomic E-state index is 11.8. The van der Waals surface area contributed by atoms with Crippen LogP contribution >= 0.6 is 0 Å². The van der Waals surface area contributed by atoms with Crippen LogP contribution in [0.4, 0.5) is 4.79 Å². The summed E-state index contributed by atoms with van der Waals surface area (Å²) in [6, 6.07) is 9.56. The van der Waals surface area contributed by atoms with Crippen molar-refractivity contribution >= 4 is 6.09 Å². The van der Waals surface area contributed by atoms with Gasteiger partial charge in [-0.2, -0.15) is 5.26 Å². The van der Waals surface area contributed by atoms with Crippen LogP contribution in [0.1, 0.15) is 31.9 Å². The third-order valence-electron chi connectivity index (χ3n) is 2.56. The summed E-state index contributed by atoms with van der Waals surface area (Å²) < 4.78 is 5.27. The molecule has 102 valence electrons. The van der Waals surface area contributed by atoms with Crippen LogP contribution in [-0.4, -0.2) is 30.2 Å². The van der Waals surface area contributed by atoms with Gasteiger partial charge in [-0.3, -0.25) is 0 Å². The second kappa shape index (κ2) is 6.24. The predicted molar refractivity (Wildman–Crippen MR) is 73.7 cm³/mol. The molecule has 0 aliphatic carbocycles. The van der Waals surface area contributed by atoms with Crippen molar-refractivity contribution in [3.8, 4) is 6.07 Å². The van der Waals surface area contributed by atoms with Gasteiger partial charge in [-0.1, -0.05) is 18.2 Å². The number of rotatable bonds is 3. The van der Waals surface area contributed by atoms with E-state index in [4.69, 9.17) is 10.00 Å². The normalized spacial score (nSPS) is 10.7. The maximum Gasteiger partial charge on any atom is 0.410 e. The first kappa shape index (κ1) is 15.0. The van der Waals surface area contributed by atoms with Gasteiger partial charge in [0.15, 0.2) is 0 Å². The fourth-order valence-electron chi connectivity index (χ4n) is 1.57. The molecule has 0 saturated heterocycles. The molecule has 19 heavy (non-hydrogen) atoms. The standard InChI is InChI=1S/C15H20N2O2/c1-15(2,3)19-14(18)17(4)10-9-12-7-5-6-8-13(12)11-16/h5-8H,9-10H2,1-4H3. The minimum atomic E-state index is -0.490. The summed E-state index contributed by atoms with van der Waals surface area (Å²) in [5, 5.41) is 8.99. The molecule has 0 aromatic heterocycles. The molecule has 0 N–H and O–H groups in total. The lowest BCUT2D eigenvalue weighted by Crippen LogP contribution is -2.35. The number of nitrogens with zero attached hydrogens (tertiary/aromatic N) is 2. The summed E-state index contributed by atoms with van der Waals surface area (Å²) in [4.78, 5) is 13.3. The first-order chi connectivity index (χ1) is 8.83. The molecule has 0 bridgehead atoms. The van der Waals surface area contributed by atoms with E-state index in [1.54, 1.807) is 13.1 Å². The molecule has 1 aromatic rings. The predicted octanol–water partition coefficient (Wildman–Crippen LogP) is 2.97. The van der Waals surface area contributed by atoms with E-state index in [0.717, 1.165) is 5.56 Å². The lowest BCUT2D eigenvalue weighted by atomic mass is 10.1. The quantitative estimate of drug-likeness (QED) is 0.839. The molecule has 0 fully saturated rings. The molecule has 0 aliphatic heterocycles. The third-order valence-corrected chi connectivity index (χ3v) is 2.56. The molecule has 0 unspecified atom stereocenters. The van der Waals surface area contributed by atoms with E-state index in [1.807, 2.05) is 39.0 Å². The minimum absolute atomic E-state index is 0.345. The average Bonchev–Trinajstić information content (AvgIpc) is 2.34. The molecule has 4 nitrogen and oxygen atoms in total. The second-order valence-electron chi connectivity index (χ2n) is 5.42. The second-order valence-corrected chi connectivity index (χ2v) is 5.42. The van der Waals surface area contributed by atoms with E-state index in [0.29, 0.717) is 18.5 Å². The van der Waals surface area contributed by atoms with Gasteiger partial charge in [-0.25, -0.2) is 4.79 Å². The fourth-order valence-corrected chi connectivity index (χ4v) is 1.57. The zero-order chi connectivity index (χ0) is 14.5. The van der Waals surface area contributed by atoms with Crippen LogP contribution in [0, 0.1) is 11.3 Å². The third kappa shape index (κ3) is 5.01. The Kier molecular flexibility index (Phi) is 4.94. The lowest BCUT2D eigenvalue weighted by Gasteiger charge is -2.24. The summed E-state index contributed by atoms with van der Waals surface area (Å²) >= 11 is 0. The van der Waals surface area contributed by atoms with Gasteiger partial charge in [0.1, 0.15) is 5.60 Å². The zero-order valence-corrected chi connectivity index (χ0v) is 11.9. The minimum Gasteiger partial charge on any atom is -0.444 e. The highest BCUT2D eigenvalue weighted by Crippen LogP contribution is 2.11. The van der Waals surface area contributed by atoms with E-state index >= 15 is 0 Å². The van der Waals surface area contributed by atoms with E-state index in [9.17, 15) is 4.79 Å². The summed E-state index contributed by atoms with van der Waals surface area (Å²) in [6.45, 7) is 6.03. The summed E-state index contributed by atoms with van der Waals surface area (Å²) in [5.74, 6) is 0. The van der Waals surface area contributed by atoms with E-state index in [2.05, 4.69) is 6.07 Å². The number of nitriles is 1. The molecule has 1 amide bonds. The number of hydrogen-bond donors (Lipinski definition) is 0. The van der Waals surface area contributed by atoms with Gasteiger partial charge in [-0.15, -0.1) is 0 Å². The molecular weight excluding hydrogens is 240 g/mol. The van der Waals surface area contributed by atoms with Crippen LogP contribution in [0.3, 0.4) is 0 Å². The molecule has 4 heteroatoms. The number of carbonyl (C=O) groups is 1. The number of benzene rings is 1. The Balaban J connectivity index is 2.57. The van der Waals surface area contributed by atoms with E-state index < -0.39 is 5.60 Å². The fraction of sp³-hybridized carbons (Fsp3) is 0.467. The molecule has 0 saturated carbocycles. The SMILES string of the molecule is CN(CCc1ccccc1C#N)C(=O)OC(C)(C)C. The molecule has 0 radical (unpaired) electrons. The van der Waals surface area contributed by atoms with Crippen molar-refractivity contribution in [1.29, 1.82) is 5.26 Å². The highest BCUT2D eigenvalue weighted by molar-refractivity contribution is 5.67. The highest BCUT2D eigenvalue weighted by atomic mass is 16.6. The monoisotopic (exact) mass is 260 g/mol. The number of hydrogen-bond acceptors (Lipinski definition) is 3. The van der Waals surface area contributed by atoms with Crippen LogP contribution < -0.4 is 0 Å². The van der Waals surface area contributed by atoms with Crippen molar-refractivity contribution in [3.63, 3.8) is 0 Å². The van der Waals surface area contributed by atoms with Crippen molar-refractivity contribution in [2.24, 2.45) is 0 Å². The molecule has 1 rings (SSSR count). The smallest absolute Gasteiger partial charge is 0.410 e. The highest BCUT2D eigenvalue weighted by Gasteiger charge is 2.19. The first-order valence-corrected chi connectivity index (χ1v) is 6.25. The molecule has 0 heterocycles. The average molecular weight is 260 g/mol. The van der Waals surface area contributed by atoms with Crippen molar-refractivity contribution in [2.45, 2.75) is 32.8 Å². The molecule has 0 aliphatic rings. The van der Waals surface area contributed by atoms with Gasteiger partial charge in [0.05, 0.1) is 11.6 Å². The van der Waals surface area contributed by atoms with Gasteiger partial charge < -0.3 is 9.64 Å². The first-order valence-electron chi connectivity index (χ1n) is 6.25. The number of likely N-dealkylation sites (N-methyl/N-ethyl adjacent to an activating group) is 1. The largest absolute Gasteiger partial charge is 0.444 e. The summed E-state index contributed by atoms with van der Waals surface area (Å²) in [6.07, 6.45) is 0.293. The van der Waals surface area contributed by atoms with Crippen LogP contribution in [0.2, 0.25) is 0 Å². The maximum absolute atomic E-state index is 11.8. The number of ether oxygens (including phenoxy) is 1. The number of carbonyl (C=O) groups excluding carboxylic acids is 1. The van der Waals surface area contributed by atoms with Crippen molar-refractivity contribution in [3.05, 3.63) is 35.4 Å². The molecule has 1 aromatic carbocycles. The molecular formula is C15H20N2O2. The lowest BCUT2D eigenvalue weighted by molar-refractivity contribution is 0.0301. The number of amides is 1. The van der Waals surface area contributed by atoms with Crippen LogP contribution in [-0.2, 0) is 11.2 Å². The Morgan fingerprint density at radius 3 is 2.58 bits per heavy atom. The van der Waals surface area contributed by atoms with Crippen LogP contribution in [0.15, 0.2) is 24.3 Å². The Labute approximate surface area is 114 Å². The Morgan fingerprint density at radius 2 is 2.00 bits per heavy atom. The van der Waals surface area contributed by atoms with Crippen molar-refractivity contribution in [2.75, 3.05) is 13.6 Å². The van der Waals surface area contributed by atoms with Crippen LogP contribution in [0.25, 0.3) is 0 Å². The Bertz CT molecular complexity index is 484. The van der Waals surface area contributed by atoms with E-state index in [-0.39, 0.29) is 6.09 Å². The van der Waals surface area contributed by atoms with Gasteiger partial charge in [-0.05, 0) is 38.8 Å². The zero-order valence-electron chi connectivity index (χ0n) is 11.9. The van der Waals surface area contributed by atoms with Gasteiger partial charge in [0.25, 0.3) is 0 Å². The van der Waals surface area contributed by atoms with Gasteiger partial charge in [0, 0.05) is 13.6 Å². The topological polar surface area (TPSA) is 53.3 Å². The Hall–Kier alpha value is -2.02. The van der Waals surface area contributed by atoms with Gasteiger partial charge >= 0.3 is 6.09 Å². The summed E-state index contributed by atoms with van der Waals surface area (Å²) in [7, 11) is 1.70. The van der Waals surface area contributed by atoms with Gasteiger partial charge in [0.2, 0.25) is 0 Å². The summed E-state index contributed by atoms with van der Waals surface area (Å²) in [5.41, 5.74) is 1.11. The van der Waals surface area contributed by atoms with Crippen molar-refractivity contribution in [1.82, 2.24) is 4.90 Å². The molecule has 0 spiro atoms. The van der Waals surface area contributed by atoms with Crippen molar-refractivity contribution < 1.29 is 9.53 Å². The van der Waals surface area contributed by atoms with Crippen LogP contribution in [0.5, 0.6) is 0 Å².